The van der Waals surface area contributed by atoms with Crippen molar-refractivity contribution in [1.82, 2.24) is 0 Å². The van der Waals surface area contributed by atoms with Crippen molar-refractivity contribution >= 4 is 21.9 Å². The maximum absolute atomic E-state index is 11.3. The number of ether oxygens (including phenoxy) is 2. The van der Waals surface area contributed by atoms with Crippen LogP contribution in [0.5, 0.6) is 5.75 Å². The van der Waals surface area contributed by atoms with Gasteiger partial charge in [-0.05, 0) is 32.0 Å². The lowest BCUT2D eigenvalue weighted by molar-refractivity contribution is -0.150. The summed E-state index contributed by atoms with van der Waals surface area (Å²) in [6.07, 6.45) is -0.584. The van der Waals surface area contributed by atoms with E-state index in [1.54, 1.807) is 26.0 Å². The van der Waals surface area contributed by atoms with E-state index in [4.69, 9.17) is 9.47 Å². The monoisotopic (exact) mass is 272 g/mol. The van der Waals surface area contributed by atoms with Gasteiger partial charge in [-0.1, -0.05) is 22.0 Å². The average Bonchev–Trinajstić information content (AvgIpc) is 2.18. The van der Waals surface area contributed by atoms with E-state index in [1.165, 1.54) is 0 Å². The summed E-state index contributed by atoms with van der Waals surface area (Å²) < 4.78 is 11.1. The Bertz CT molecular complexity index is 338. The van der Waals surface area contributed by atoms with Gasteiger partial charge in [0.2, 0.25) is 0 Å². The molecular formula is C11H13BrO3. The molecule has 15 heavy (non-hydrogen) atoms. The van der Waals surface area contributed by atoms with E-state index in [0.29, 0.717) is 12.4 Å². The van der Waals surface area contributed by atoms with Gasteiger partial charge in [-0.2, -0.15) is 0 Å². The molecule has 0 heterocycles. The van der Waals surface area contributed by atoms with Crippen molar-refractivity contribution in [3.8, 4) is 5.75 Å². The number of carbonyl (C=O) groups is 1. The first-order valence-corrected chi connectivity index (χ1v) is 5.51. The quantitative estimate of drug-likeness (QED) is 0.791. The van der Waals surface area contributed by atoms with Crippen molar-refractivity contribution < 1.29 is 14.3 Å². The molecular weight excluding hydrogens is 260 g/mol. The van der Waals surface area contributed by atoms with E-state index < -0.39 is 6.10 Å². The molecule has 4 heteroatoms. The van der Waals surface area contributed by atoms with Crippen molar-refractivity contribution in [3.63, 3.8) is 0 Å². The average molecular weight is 273 g/mol. The van der Waals surface area contributed by atoms with Gasteiger partial charge >= 0.3 is 5.97 Å². The number of halogens is 1. The SMILES string of the molecule is CCOC(=O)C(C)Oc1cccc(Br)c1. The second-order valence-electron chi connectivity index (χ2n) is 2.97. The fourth-order valence-electron chi connectivity index (χ4n) is 1.05. The fourth-order valence-corrected chi connectivity index (χ4v) is 1.43. The first-order valence-electron chi connectivity index (χ1n) is 4.72. The van der Waals surface area contributed by atoms with Gasteiger partial charge in [0.1, 0.15) is 5.75 Å². The Morgan fingerprint density at radius 2 is 2.27 bits per heavy atom. The second kappa shape index (κ2) is 5.75. The zero-order valence-electron chi connectivity index (χ0n) is 8.70. The molecule has 0 bridgehead atoms. The van der Waals surface area contributed by atoms with Crippen LogP contribution in [0.1, 0.15) is 13.8 Å². The molecule has 0 fully saturated rings. The molecule has 0 radical (unpaired) electrons. The number of benzene rings is 1. The molecule has 1 aromatic rings. The minimum atomic E-state index is -0.584. The summed E-state index contributed by atoms with van der Waals surface area (Å²) in [5.74, 6) is 0.294. The minimum Gasteiger partial charge on any atom is -0.479 e. The number of rotatable bonds is 4. The summed E-state index contributed by atoms with van der Waals surface area (Å²) >= 11 is 3.32. The highest BCUT2D eigenvalue weighted by atomic mass is 79.9. The molecule has 0 aliphatic carbocycles. The molecule has 0 aliphatic rings. The molecule has 0 aromatic heterocycles. The highest BCUT2D eigenvalue weighted by molar-refractivity contribution is 9.10. The molecule has 0 amide bonds. The Balaban J connectivity index is 2.58. The second-order valence-corrected chi connectivity index (χ2v) is 3.89. The van der Waals surface area contributed by atoms with E-state index in [1.807, 2.05) is 12.1 Å². The lowest BCUT2D eigenvalue weighted by Gasteiger charge is -2.13. The zero-order chi connectivity index (χ0) is 11.3. The van der Waals surface area contributed by atoms with Crippen LogP contribution in [0.3, 0.4) is 0 Å². The van der Waals surface area contributed by atoms with E-state index in [9.17, 15) is 4.79 Å². The van der Waals surface area contributed by atoms with Gasteiger partial charge in [0.25, 0.3) is 0 Å². The van der Waals surface area contributed by atoms with Gasteiger partial charge in [-0.15, -0.1) is 0 Å². The molecule has 0 saturated heterocycles. The Labute approximate surface area is 97.5 Å². The van der Waals surface area contributed by atoms with Crippen LogP contribution < -0.4 is 4.74 Å². The molecule has 1 rings (SSSR count). The van der Waals surface area contributed by atoms with E-state index >= 15 is 0 Å². The predicted molar refractivity (Wildman–Crippen MR) is 60.9 cm³/mol. The van der Waals surface area contributed by atoms with E-state index in [0.717, 1.165) is 4.47 Å². The third-order valence-corrected chi connectivity index (χ3v) is 2.22. The number of carbonyl (C=O) groups excluding carboxylic acids is 1. The summed E-state index contributed by atoms with van der Waals surface area (Å²) in [4.78, 5) is 11.3. The maximum Gasteiger partial charge on any atom is 0.347 e. The molecule has 0 saturated carbocycles. The zero-order valence-corrected chi connectivity index (χ0v) is 10.3. The number of hydrogen-bond donors (Lipinski definition) is 0. The van der Waals surface area contributed by atoms with Crippen LogP contribution in [0.25, 0.3) is 0 Å². The molecule has 1 atom stereocenters. The Morgan fingerprint density at radius 3 is 2.87 bits per heavy atom. The van der Waals surface area contributed by atoms with Crippen LogP contribution in [0.15, 0.2) is 28.7 Å². The molecule has 0 N–H and O–H groups in total. The normalized spacial score (nSPS) is 11.9. The van der Waals surface area contributed by atoms with Gasteiger partial charge in [-0.3, -0.25) is 0 Å². The van der Waals surface area contributed by atoms with Crippen molar-refractivity contribution in [2.24, 2.45) is 0 Å². The highest BCUT2D eigenvalue weighted by Crippen LogP contribution is 2.19. The van der Waals surface area contributed by atoms with Gasteiger partial charge in [0.15, 0.2) is 6.10 Å². The Kier molecular flexibility index (Phi) is 4.62. The fraction of sp³-hybridized carbons (Fsp3) is 0.364. The largest absolute Gasteiger partial charge is 0.479 e. The van der Waals surface area contributed by atoms with Crippen molar-refractivity contribution in [2.45, 2.75) is 20.0 Å². The third-order valence-electron chi connectivity index (χ3n) is 1.73. The summed E-state index contributed by atoms with van der Waals surface area (Å²) in [5, 5.41) is 0. The summed E-state index contributed by atoms with van der Waals surface area (Å²) in [6.45, 7) is 3.80. The Hall–Kier alpha value is -1.03. The molecule has 0 spiro atoms. The van der Waals surface area contributed by atoms with Crippen LogP contribution in [-0.2, 0) is 9.53 Å². The summed E-state index contributed by atoms with van der Waals surface area (Å²) in [7, 11) is 0. The summed E-state index contributed by atoms with van der Waals surface area (Å²) in [5.41, 5.74) is 0. The van der Waals surface area contributed by atoms with Crippen LogP contribution >= 0.6 is 15.9 Å². The van der Waals surface area contributed by atoms with Crippen LogP contribution in [0, 0.1) is 0 Å². The lowest BCUT2D eigenvalue weighted by atomic mass is 10.3. The predicted octanol–water partition coefficient (Wildman–Crippen LogP) is 2.78. The first kappa shape index (κ1) is 12.0. The van der Waals surface area contributed by atoms with Crippen LogP contribution in [0.2, 0.25) is 0 Å². The van der Waals surface area contributed by atoms with Crippen LogP contribution in [-0.4, -0.2) is 18.7 Å². The van der Waals surface area contributed by atoms with Gasteiger partial charge in [0, 0.05) is 4.47 Å². The molecule has 3 nitrogen and oxygen atoms in total. The highest BCUT2D eigenvalue weighted by Gasteiger charge is 2.15. The molecule has 82 valence electrons. The molecule has 1 unspecified atom stereocenters. The Morgan fingerprint density at radius 1 is 1.53 bits per heavy atom. The smallest absolute Gasteiger partial charge is 0.347 e. The van der Waals surface area contributed by atoms with Gasteiger partial charge < -0.3 is 9.47 Å². The van der Waals surface area contributed by atoms with Crippen molar-refractivity contribution in [3.05, 3.63) is 28.7 Å². The topological polar surface area (TPSA) is 35.5 Å². The lowest BCUT2D eigenvalue weighted by Crippen LogP contribution is -2.25. The molecule has 0 aliphatic heterocycles. The minimum absolute atomic E-state index is 0.350. The summed E-state index contributed by atoms with van der Waals surface area (Å²) in [6, 6.07) is 7.33. The van der Waals surface area contributed by atoms with E-state index in [-0.39, 0.29) is 5.97 Å². The van der Waals surface area contributed by atoms with Gasteiger partial charge in [-0.25, -0.2) is 4.79 Å². The third kappa shape index (κ3) is 3.91. The van der Waals surface area contributed by atoms with Crippen molar-refractivity contribution in [1.29, 1.82) is 0 Å². The van der Waals surface area contributed by atoms with Crippen LogP contribution in [0.4, 0.5) is 0 Å². The number of hydrogen-bond acceptors (Lipinski definition) is 3. The molecule has 1 aromatic carbocycles. The maximum atomic E-state index is 11.3. The first-order chi connectivity index (χ1) is 7.13. The standard InChI is InChI=1S/C11H13BrO3/c1-3-14-11(13)8(2)15-10-6-4-5-9(12)7-10/h4-8H,3H2,1-2H3. The van der Waals surface area contributed by atoms with E-state index in [2.05, 4.69) is 15.9 Å². The van der Waals surface area contributed by atoms with Gasteiger partial charge in [0.05, 0.1) is 6.61 Å². The number of esters is 1. The van der Waals surface area contributed by atoms with Crippen molar-refractivity contribution in [2.75, 3.05) is 6.61 Å².